The van der Waals surface area contributed by atoms with Crippen LogP contribution in [0.15, 0.2) is 0 Å². The van der Waals surface area contributed by atoms with Crippen molar-refractivity contribution in [3.05, 3.63) is 0 Å². The predicted molar refractivity (Wildman–Crippen MR) is 377 cm³/mol. The number of carbonyl (C=O) groups excluding carboxylic acids is 4. The molecule has 0 heterocycles. The van der Waals surface area contributed by atoms with Gasteiger partial charge in [-0.15, -0.1) is 0 Å². The minimum absolute atomic E-state index is 0.104. The molecule has 0 radical (unpaired) electrons. The quantitative estimate of drug-likeness (QED) is 0.0222. The summed E-state index contributed by atoms with van der Waals surface area (Å²) in [5, 5.41) is 10.6. The Morgan fingerprint density at radius 2 is 0.548 bits per heavy atom. The average molecular weight is 1370 g/mol. The van der Waals surface area contributed by atoms with E-state index < -0.39 is 97.5 Å². The van der Waals surface area contributed by atoms with Gasteiger partial charge in [0.15, 0.2) is 12.2 Å². The van der Waals surface area contributed by atoms with Crippen LogP contribution in [-0.2, 0) is 65.4 Å². The minimum atomic E-state index is -4.96. The molecule has 0 saturated carbocycles. The molecule has 3 unspecified atom stereocenters. The fraction of sp³-hybridized carbons (Fsp3) is 0.946. The van der Waals surface area contributed by atoms with Gasteiger partial charge in [0.05, 0.1) is 26.4 Å². The first kappa shape index (κ1) is 91.1. The van der Waals surface area contributed by atoms with Crippen LogP contribution in [0.4, 0.5) is 0 Å². The second-order valence-electron chi connectivity index (χ2n) is 27.9. The molecule has 6 atom stereocenters. The van der Waals surface area contributed by atoms with E-state index in [2.05, 4.69) is 48.5 Å². The number of phosphoric acid groups is 2. The zero-order valence-electron chi connectivity index (χ0n) is 60.7. The van der Waals surface area contributed by atoms with Gasteiger partial charge in [0, 0.05) is 25.7 Å². The molecule has 0 rings (SSSR count). The predicted octanol–water partition coefficient (Wildman–Crippen LogP) is 21.4. The lowest BCUT2D eigenvalue weighted by atomic mass is 9.99. The lowest BCUT2D eigenvalue weighted by Crippen LogP contribution is -2.30. The van der Waals surface area contributed by atoms with Crippen LogP contribution in [0.5, 0.6) is 0 Å². The van der Waals surface area contributed by atoms with Crippen LogP contribution in [0.25, 0.3) is 0 Å². The minimum Gasteiger partial charge on any atom is -0.462 e. The third kappa shape index (κ3) is 67.0. The van der Waals surface area contributed by atoms with Gasteiger partial charge in [-0.05, 0) is 43.4 Å². The molecule has 19 heteroatoms. The fourth-order valence-corrected chi connectivity index (χ4v) is 12.8. The third-order valence-corrected chi connectivity index (χ3v) is 19.4. The summed E-state index contributed by atoms with van der Waals surface area (Å²) in [6, 6.07) is 0. The molecule has 552 valence electrons. The summed E-state index contributed by atoms with van der Waals surface area (Å²) < 4.78 is 68.4. The van der Waals surface area contributed by atoms with Crippen molar-refractivity contribution in [2.45, 2.75) is 394 Å². The second kappa shape index (κ2) is 64.7. The van der Waals surface area contributed by atoms with Gasteiger partial charge in [-0.25, -0.2) is 9.13 Å². The number of aliphatic hydroxyl groups is 1. The van der Waals surface area contributed by atoms with Crippen molar-refractivity contribution in [1.82, 2.24) is 0 Å². The maximum Gasteiger partial charge on any atom is 0.472 e. The first-order chi connectivity index (χ1) is 44.8. The molecule has 0 aromatic rings. The van der Waals surface area contributed by atoms with E-state index in [4.69, 9.17) is 37.0 Å². The van der Waals surface area contributed by atoms with Gasteiger partial charge in [-0.1, -0.05) is 325 Å². The molecular weight excluding hydrogens is 1220 g/mol. The molecule has 0 aromatic carbocycles. The highest BCUT2D eigenvalue weighted by Gasteiger charge is 2.30. The van der Waals surface area contributed by atoms with Gasteiger partial charge in [0.1, 0.15) is 19.3 Å². The maximum atomic E-state index is 13.1. The van der Waals surface area contributed by atoms with E-state index in [1.165, 1.54) is 180 Å². The molecule has 0 aliphatic heterocycles. The van der Waals surface area contributed by atoms with E-state index in [1.54, 1.807) is 0 Å². The third-order valence-electron chi connectivity index (χ3n) is 17.5. The van der Waals surface area contributed by atoms with E-state index in [0.29, 0.717) is 31.6 Å². The van der Waals surface area contributed by atoms with Gasteiger partial charge >= 0.3 is 39.5 Å². The summed E-state index contributed by atoms with van der Waals surface area (Å²) in [7, 11) is -9.91. The smallest absolute Gasteiger partial charge is 0.462 e. The SMILES string of the molecule is CCCCCCCCCCCCCCCCCC(=O)OC[C@H](COP(=O)(O)OC[C@@H](O)COP(=O)(O)OC[C@@H](COC(=O)CCCCCCCCCC(C)C)OC(=O)CCCCCCCCCCC(C)CC)OC(=O)CCCCCCCCCCCCCCCC(C)C. The van der Waals surface area contributed by atoms with Gasteiger partial charge in [-0.3, -0.25) is 37.3 Å². The molecule has 0 aliphatic rings. The largest absolute Gasteiger partial charge is 0.472 e. The fourth-order valence-electron chi connectivity index (χ4n) is 11.2. The standard InChI is InChI=1S/C74H144O17P2/c1-8-10-11-12-13-14-15-16-17-20-23-26-34-41-48-55-71(76)84-61-69(90-73(78)57-50-43-35-27-24-21-18-19-22-25-31-38-45-52-65(3)4)63-88-92(80,81)86-59-68(75)60-87-93(82,83)89-64-70(62-85-72(77)56-49-42-37-30-32-39-46-53-66(5)6)91-74(79)58-51-44-36-29-28-33-40-47-54-67(7)9-2/h65-70,75H,8-64H2,1-7H3,(H,80,81)(H,82,83)/t67?,68-,69-,70-/m1/s1. The molecule has 0 amide bonds. The van der Waals surface area contributed by atoms with Crippen molar-refractivity contribution in [1.29, 1.82) is 0 Å². The normalized spacial score (nSPS) is 14.4. The van der Waals surface area contributed by atoms with Crippen molar-refractivity contribution in [3.63, 3.8) is 0 Å². The van der Waals surface area contributed by atoms with Crippen LogP contribution in [0, 0.1) is 17.8 Å². The van der Waals surface area contributed by atoms with E-state index in [1.807, 2.05) is 0 Å². The van der Waals surface area contributed by atoms with Crippen LogP contribution in [0.3, 0.4) is 0 Å². The Kier molecular flexibility index (Phi) is 63.4. The number of ether oxygens (including phenoxy) is 4. The van der Waals surface area contributed by atoms with Crippen LogP contribution >= 0.6 is 15.6 Å². The van der Waals surface area contributed by atoms with Gasteiger partial charge in [0.2, 0.25) is 0 Å². The number of hydrogen-bond donors (Lipinski definition) is 3. The monoisotopic (exact) mass is 1370 g/mol. The number of phosphoric ester groups is 2. The maximum absolute atomic E-state index is 13.1. The first-order valence-corrected chi connectivity index (χ1v) is 41.4. The summed E-state index contributed by atoms with van der Waals surface area (Å²) in [4.78, 5) is 72.7. The van der Waals surface area contributed by atoms with Crippen molar-refractivity contribution < 1.29 is 80.2 Å². The molecular formula is C74H144O17P2. The second-order valence-corrected chi connectivity index (χ2v) is 30.8. The van der Waals surface area contributed by atoms with Crippen LogP contribution in [0.1, 0.15) is 376 Å². The molecule has 17 nitrogen and oxygen atoms in total. The molecule has 0 aliphatic carbocycles. The van der Waals surface area contributed by atoms with Crippen molar-refractivity contribution in [3.8, 4) is 0 Å². The van der Waals surface area contributed by atoms with Gasteiger partial charge in [-0.2, -0.15) is 0 Å². The number of aliphatic hydroxyl groups excluding tert-OH is 1. The summed E-state index contributed by atoms with van der Waals surface area (Å²) in [6.07, 6.45) is 49.9. The van der Waals surface area contributed by atoms with Crippen LogP contribution in [-0.4, -0.2) is 96.7 Å². The van der Waals surface area contributed by atoms with Gasteiger partial charge in [0.25, 0.3) is 0 Å². The molecule has 0 bridgehead atoms. The Balaban J connectivity index is 5.26. The van der Waals surface area contributed by atoms with E-state index in [0.717, 1.165) is 108 Å². The number of unbranched alkanes of at least 4 members (excludes halogenated alkanes) is 39. The summed E-state index contributed by atoms with van der Waals surface area (Å²) >= 11 is 0. The number of rotatable bonds is 72. The summed E-state index contributed by atoms with van der Waals surface area (Å²) in [5.41, 5.74) is 0. The highest BCUT2D eigenvalue weighted by atomic mass is 31.2. The molecule has 93 heavy (non-hydrogen) atoms. The highest BCUT2D eigenvalue weighted by molar-refractivity contribution is 7.47. The van der Waals surface area contributed by atoms with Crippen LogP contribution < -0.4 is 0 Å². The van der Waals surface area contributed by atoms with E-state index in [9.17, 15) is 43.2 Å². The summed E-state index contributed by atoms with van der Waals surface area (Å²) in [5.74, 6) is 0.139. The highest BCUT2D eigenvalue weighted by Crippen LogP contribution is 2.45. The molecule has 0 aromatic heterocycles. The zero-order chi connectivity index (χ0) is 68.7. The molecule has 3 N–H and O–H groups in total. The Bertz CT molecular complexity index is 1820. The van der Waals surface area contributed by atoms with E-state index in [-0.39, 0.29) is 25.7 Å². The lowest BCUT2D eigenvalue weighted by Gasteiger charge is -2.21. The Morgan fingerprint density at radius 3 is 0.817 bits per heavy atom. The number of esters is 4. The van der Waals surface area contributed by atoms with Crippen LogP contribution in [0.2, 0.25) is 0 Å². The topological polar surface area (TPSA) is 237 Å². The van der Waals surface area contributed by atoms with E-state index >= 15 is 0 Å². The van der Waals surface area contributed by atoms with Crippen molar-refractivity contribution in [2.24, 2.45) is 17.8 Å². The van der Waals surface area contributed by atoms with Crippen molar-refractivity contribution in [2.75, 3.05) is 39.6 Å². The van der Waals surface area contributed by atoms with Crippen molar-refractivity contribution >= 4 is 39.5 Å². The zero-order valence-corrected chi connectivity index (χ0v) is 62.5. The van der Waals surface area contributed by atoms with Gasteiger partial charge < -0.3 is 33.8 Å². The number of hydrogen-bond acceptors (Lipinski definition) is 15. The summed E-state index contributed by atoms with van der Waals surface area (Å²) in [6.45, 7) is 11.8. The Hall–Kier alpha value is -1.94. The first-order valence-electron chi connectivity index (χ1n) is 38.4. The molecule has 0 saturated heterocycles. The molecule has 0 fully saturated rings. The Morgan fingerprint density at radius 1 is 0.312 bits per heavy atom. The molecule has 0 spiro atoms. The number of carbonyl (C=O) groups is 4. The lowest BCUT2D eigenvalue weighted by molar-refractivity contribution is -0.161. The Labute approximate surface area is 568 Å². The average Bonchev–Trinajstić information content (AvgIpc) is 2.67.